The van der Waals surface area contributed by atoms with Gasteiger partial charge in [-0.05, 0) is 23.7 Å². The predicted octanol–water partition coefficient (Wildman–Crippen LogP) is 4.49. The van der Waals surface area contributed by atoms with Crippen LogP contribution in [-0.2, 0) is 9.16 Å². The van der Waals surface area contributed by atoms with Crippen LogP contribution in [0.3, 0.4) is 0 Å². The SMILES string of the molecule is C[C@@H]([C@H]1O[C@@H]1CO)[C@H](/C=C/c1ccccc1)O[Si](C)(C)C(C)(C)C. The van der Waals surface area contributed by atoms with Crippen LogP contribution in [0.4, 0.5) is 0 Å². The van der Waals surface area contributed by atoms with Crippen LogP contribution in [0.15, 0.2) is 36.4 Å². The maximum Gasteiger partial charge on any atom is 0.192 e. The Hall–Kier alpha value is -0.943. The third kappa shape index (κ3) is 4.79. The van der Waals surface area contributed by atoms with Gasteiger partial charge in [0, 0.05) is 5.92 Å². The Morgan fingerprint density at radius 2 is 1.88 bits per heavy atom. The summed E-state index contributed by atoms with van der Waals surface area (Å²) in [5.41, 5.74) is 1.17. The first-order valence-electron chi connectivity index (χ1n) is 8.83. The summed E-state index contributed by atoms with van der Waals surface area (Å²) in [6.07, 6.45) is 4.34. The van der Waals surface area contributed by atoms with Crippen LogP contribution in [0, 0.1) is 5.92 Å². The molecule has 0 radical (unpaired) electrons. The van der Waals surface area contributed by atoms with E-state index in [0.29, 0.717) is 0 Å². The van der Waals surface area contributed by atoms with Crippen molar-refractivity contribution in [2.75, 3.05) is 6.61 Å². The van der Waals surface area contributed by atoms with E-state index in [2.05, 4.69) is 65.1 Å². The van der Waals surface area contributed by atoms with E-state index in [1.165, 1.54) is 5.56 Å². The molecule has 24 heavy (non-hydrogen) atoms. The first-order valence-corrected chi connectivity index (χ1v) is 11.7. The van der Waals surface area contributed by atoms with Gasteiger partial charge >= 0.3 is 0 Å². The molecule has 3 nitrogen and oxygen atoms in total. The van der Waals surface area contributed by atoms with Crippen LogP contribution < -0.4 is 0 Å². The van der Waals surface area contributed by atoms with Gasteiger partial charge in [0.25, 0.3) is 0 Å². The van der Waals surface area contributed by atoms with Crippen molar-refractivity contribution < 1.29 is 14.3 Å². The lowest BCUT2D eigenvalue weighted by Crippen LogP contribution is -2.45. The summed E-state index contributed by atoms with van der Waals surface area (Å²) in [5.74, 6) is 0.219. The van der Waals surface area contributed by atoms with Gasteiger partial charge in [-0.3, -0.25) is 0 Å². The van der Waals surface area contributed by atoms with Gasteiger partial charge in [0.15, 0.2) is 8.32 Å². The predicted molar refractivity (Wildman–Crippen MR) is 102 cm³/mol. The zero-order valence-corrected chi connectivity index (χ0v) is 16.8. The van der Waals surface area contributed by atoms with Gasteiger partial charge in [-0.15, -0.1) is 0 Å². The topological polar surface area (TPSA) is 42.0 Å². The van der Waals surface area contributed by atoms with Crippen LogP contribution in [0.25, 0.3) is 6.08 Å². The molecule has 1 aliphatic heterocycles. The Morgan fingerprint density at radius 3 is 2.38 bits per heavy atom. The van der Waals surface area contributed by atoms with E-state index in [-0.39, 0.29) is 35.9 Å². The van der Waals surface area contributed by atoms with Crippen molar-refractivity contribution in [1.29, 1.82) is 0 Å². The zero-order valence-electron chi connectivity index (χ0n) is 15.8. The zero-order chi connectivity index (χ0) is 18.0. The molecular formula is C20H32O3Si. The molecule has 0 aliphatic carbocycles. The number of ether oxygens (including phenoxy) is 1. The maximum absolute atomic E-state index is 9.30. The smallest absolute Gasteiger partial charge is 0.192 e. The van der Waals surface area contributed by atoms with Crippen LogP contribution in [0.2, 0.25) is 18.1 Å². The van der Waals surface area contributed by atoms with E-state index in [0.717, 1.165) is 0 Å². The lowest BCUT2D eigenvalue weighted by atomic mass is 9.98. The van der Waals surface area contributed by atoms with Gasteiger partial charge in [0.1, 0.15) is 6.10 Å². The van der Waals surface area contributed by atoms with Crippen molar-refractivity contribution in [3.63, 3.8) is 0 Å². The lowest BCUT2D eigenvalue weighted by molar-refractivity contribution is 0.147. The first kappa shape index (κ1) is 19.4. The minimum atomic E-state index is -1.89. The number of benzene rings is 1. The van der Waals surface area contributed by atoms with Gasteiger partial charge in [-0.25, -0.2) is 0 Å². The lowest BCUT2D eigenvalue weighted by Gasteiger charge is -2.40. The molecule has 134 valence electrons. The van der Waals surface area contributed by atoms with E-state index < -0.39 is 8.32 Å². The molecule has 0 aromatic heterocycles. The molecule has 1 heterocycles. The van der Waals surface area contributed by atoms with Crippen molar-refractivity contribution in [3.8, 4) is 0 Å². The molecule has 0 saturated carbocycles. The molecule has 1 saturated heterocycles. The summed E-state index contributed by atoms with van der Waals surface area (Å²) >= 11 is 0. The van der Waals surface area contributed by atoms with E-state index in [1.807, 2.05) is 18.2 Å². The summed E-state index contributed by atoms with van der Waals surface area (Å²) in [5, 5.41) is 9.46. The number of epoxide rings is 1. The monoisotopic (exact) mass is 348 g/mol. The van der Waals surface area contributed by atoms with Crippen molar-refractivity contribution in [1.82, 2.24) is 0 Å². The first-order chi connectivity index (χ1) is 11.2. The van der Waals surface area contributed by atoms with Crippen molar-refractivity contribution in [3.05, 3.63) is 42.0 Å². The standard InChI is InChI=1S/C20H32O3Si/c1-15(19-18(14-21)22-19)17(23-24(5,6)20(2,3)4)13-12-16-10-8-7-9-11-16/h7-13,15,17-19,21H,14H2,1-6H3/b13-12+/t15-,17+,18-,19-/m1/s1. The molecule has 1 N–H and O–H groups in total. The molecule has 1 fully saturated rings. The molecule has 0 spiro atoms. The summed E-state index contributed by atoms with van der Waals surface area (Å²) in [4.78, 5) is 0. The quantitative estimate of drug-likeness (QED) is 0.583. The normalized spacial score (nSPS) is 24.1. The van der Waals surface area contributed by atoms with E-state index >= 15 is 0 Å². The van der Waals surface area contributed by atoms with Gasteiger partial charge in [-0.1, -0.05) is 70.2 Å². The molecule has 1 aromatic carbocycles. The summed E-state index contributed by atoms with van der Waals surface area (Å²) < 4.78 is 12.3. The highest BCUT2D eigenvalue weighted by atomic mass is 28.4. The molecule has 4 atom stereocenters. The number of aliphatic hydroxyl groups excluding tert-OH is 1. The molecule has 0 bridgehead atoms. The molecule has 1 aliphatic rings. The van der Waals surface area contributed by atoms with Gasteiger partial charge < -0.3 is 14.3 Å². The van der Waals surface area contributed by atoms with Crippen LogP contribution in [0.5, 0.6) is 0 Å². The fourth-order valence-electron chi connectivity index (χ4n) is 2.56. The molecular weight excluding hydrogens is 316 g/mol. The molecule has 2 rings (SSSR count). The van der Waals surface area contributed by atoms with Gasteiger partial charge in [0.05, 0.1) is 18.8 Å². The highest BCUT2D eigenvalue weighted by Crippen LogP contribution is 2.40. The van der Waals surface area contributed by atoms with E-state index in [1.54, 1.807) is 0 Å². The molecule has 4 heteroatoms. The van der Waals surface area contributed by atoms with Crippen LogP contribution in [-0.4, -0.2) is 38.3 Å². The average Bonchev–Trinajstić information content (AvgIpc) is 3.30. The largest absolute Gasteiger partial charge is 0.410 e. The highest BCUT2D eigenvalue weighted by molar-refractivity contribution is 6.74. The van der Waals surface area contributed by atoms with E-state index in [9.17, 15) is 5.11 Å². The Labute approximate surface area is 147 Å². The average molecular weight is 349 g/mol. The Balaban J connectivity index is 2.17. The highest BCUT2D eigenvalue weighted by Gasteiger charge is 2.47. The maximum atomic E-state index is 9.30. The van der Waals surface area contributed by atoms with Crippen molar-refractivity contribution in [2.45, 2.75) is 64.1 Å². The summed E-state index contributed by atoms with van der Waals surface area (Å²) in [6.45, 7) is 13.6. The fraction of sp³-hybridized carbons (Fsp3) is 0.600. The summed E-state index contributed by atoms with van der Waals surface area (Å²) in [7, 11) is -1.89. The molecule has 0 unspecified atom stereocenters. The number of hydrogen-bond acceptors (Lipinski definition) is 3. The van der Waals surface area contributed by atoms with Crippen molar-refractivity contribution in [2.24, 2.45) is 5.92 Å². The van der Waals surface area contributed by atoms with Crippen LogP contribution >= 0.6 is 0 Å². The second kappa shape index (κ2) is 7.52. The minimum Gasteiger partial charge on any atom is -0.410 e. The van der Waals surface area contributed by atoms with Gasteiger partial charge in [-0.2, -0.15) is 0 Å². The Morgan fingerprint density at radius 1 is 1.25 bits per heavy atom. The second-order valence-corrected chi connectivity index (χ2v) is 13.0. The van der Waals surface area contributed by atoms with E-state index in [4.69, 9.17) is 9.16 Å². The molecule has 0 amide bonds. The fourth-order valence-corrected chi connectivity index (χ4v) is 3.89. The second-order valence-electron chi connectivity index (χ2n) is 8.29. The number of rotatable bonds is 7. The van der Waals surface area contributed by atoms with Crippen molar-refractivity contribution >= 4 is 14.4 Å². The number of hydrogen-bond donors (Lipinski definition) is 1. The Kier molecular flexibility index (Phi) is 6.08. The van der Waals surface area contributed by atoms with Crippen LogP contribution in [0.1, 0.15) is 33.3 Å². The molecule has 1 aromatic rings. The van der Waals surface area contributed by atoms with Gasteiger partial charge in [0.2, 0.25) is 0 Å². The number of aliphatic hydroxyl groups is 1. The third-order valence-electron chi connectivity index (χ3n) is 5.35. The summed E-state index contributed by atoms with van der Waals surface area (Å²) in [6, 6.07) is 10.3. The Bertz CT molecular complexity index is 548. The third-order valence-corrected chi connectivity index (χ3v) is 9.83. The minimum absolute atomic E-state index is 0.00681.